The third kappa shape index (κ3) is 7.00. The van der Waals surface area contributed by atoms with E-state index in [9.17, 15) is 27.9 Å². The minimum absolute atomic E-state index is 0.0949. The molecule has 188 valence electrons. The molecule has 5 N–H and O–H groups in total. The average Bonchev–Trinajstić information content (AvgIpc) is 3.36. The highest BCUT2D eigenvalue weighted by Crippen LogP contribution is 2.18. The molecule has 1 aliphatic heterocycles. The molecule has 0 bridgehead atoms. The molecule has 1 aliphatic rings. The smallest absolute Gasteiger partial charge is 0.323 e. The van der Waals surface area contributed by atoms with Gasteiger partial charge in [0.2, 0.25) is 16.0 Å². The molecular formula is C21H26N6O6S2. The Morgan fingerprint density at radius 1 is 1.17 bits per heavy atom. The highest BCUT2D eigenvalue weighted by molar-refractivity contribution is 7.89. The van der Waals surface area contributed by atoms with E-state index < -0.39 is 34.5 Å². The van der Waals surface area contributed by atoms with Crippen LogP contribution < -0.4 is 20.8 Å². The first-order valence-electron chi connectivity index (χ1n) is 10.8. The lowest BCUT2D eigenvalue weighted by atomic mass is 10.3. The molecule has 3 rings (SSSR count). The van der Waals surface area contributed by atoms with Crippen LogP contribution in [0.25, 0.3) is 0 Å². The summed E-state index contributed by atoms with van der Waals surface area (Å²) in [6, 6.07) is 8.66. The summed E-state index contributed by atoms with van der Waals surface area (Å²) in [7, 11) is -4.10. The van der Waals surface area contributed by atoms with Gasteiger partial charge in [-0.05, 0) is 37.6 Å². The maximum atomic E-state index is 12.8. The van der Waals surface area contributed by atoms with Gasteiger partial charge >= 0.3 is 5.97 Å². The summed E-state index contributed by atoms with van der Waals surface area (Å²) in [6.45, 7) is 3.05. The molecule has 1 aromatic heterocycles. The zero-order valence-corrected chi connectivity index (χ0v) is 20.5. The second-order valence-corrected chi connectivity index (χ2v) is 10.2. The molecule has 0 aliphatic carbocycles. The van der Waals surface area contributed by atoms with Gasteiger partial charge in [0.1, 0.15) is 6.04 Å². The molecule has 1 unspecified atom stereocenters. The van der Waals surface area contributed by atoms with Crippen LogP contribution in [-0.2, 0) is 14.8 Å². The molecule has 0 saturated carbocycles. The van der Waals surface area contributed by atoms with Gasteiger partial charge in [-0.1, -0.05) is 18.2 Å². The van der Waals surface area contributed by atoms with Crippen molar-refractivity contribution < 1.29 is 27.9 Å². The van der Waals surface area contributed by atoms with Crippen molar-refractivity contribution in [1.29, 1.82) is 0 Å². The Labute approximate surface area is 206 Å². The zero-order chi connectivity index (χ0) is 25.4. The van der Waals surface area contributed by atoms with Crippen molar-refractivity contribution in [2.24, 2.45) is 4.99 Å². The Kier molecular flexibility index (Phi) is 8.78. The van der Waals surface area contributed by atoms with Gasteiger partial charge < -0.3 is 15.7 Å². The van der Waals surface area contributed by atoms with E-state index in [-0.39, 0.29) is 15.7 Å². The van der Waals surface area contributed by atoms with E-state index >= 15 is 0 Å². The summed E-state index contributed by atoms with van der Waals surface area (Å²) in [5, 5.41) is 16.3. The lowest BCUT2D eigenvalue weighted by Crippen LogP contribution is -2.52. The fourth-order valence-corrected chi connectivity index (χ4v) is 5.11. The molecule has 2 heterocycles. The summed E-state index contributed by atoms with van der Waals surface area (Å²) >= 11 is 0.935. The molecule has 14 heteroatoms. The molecule has 1 aromatic carbocycles. The van der Waals surface area contributed by atoms with E-state index in [0.717, 1.165) is 24.3 Å². The van der Waals surface area contributed by atoms with E-state index in [1.54, 1.807) is 13.0 Å². The normalized spacial score (nSPS) is 14.3. The fourth-order valence-electron chi connectivity index (χ4n) is 3.03. The Morgan fingerprint density at radius 3 is 2.51 bits per heavy atom. The summed E-state index contributed by atoms with van der Waals surface area (Å²) in [6.07, 6.45) is 0.908. The van der Waals surface area contributed by atoms with Gasteiger partial charge in [0.05, 0.1) is 14.6 Å². The number of carboxylic acid groups (broad SMARTS) is 1. The van der Waals surface area contributed by atoms with E-state index in [0.29, 0.717) is 23.9 Å². The maximum Gasteiger partial charge on any atom is 0.323 e. The first kappa shape index (κ1) is 26.1. The molecule has 1 atom stereocenters. The molecule has 0 spiro atoms. The van der Waals surface area contributed by atoms with Crippen LogP contribution in [0.3, 0.4) is 0 Å². The van der Waals surface area contributed by atoms with Crippen LogP contribution in [0.5, 0.6) is 0 Å². The Hall–Kier alpha value is -3.49. The van der Waals surface area contributed by atoms with E-state index in [1.165, 1.54) is 41.4 Å². The first-order valence-corrected chi connectivity index (χ1v) is 13.1. The van der Waals surface area contributed by atoms with Crippen molar-refractivity contribution in [3.8, 4) is 0 Å². The van der Waals surface area contributed by atoms with E-state index in [1.807, 2.05) is 0 Å². The van der Waals surface area contributed by atoms with Crippen molar-refractivity contribution in [1.82, 2.24) is 25.8 Å². The number of carbonyl (C=O) groups excluding carboxylic acids is 2. The summed E-state index contributed by atoms with van der Waals surface area (Å²) < 4.78 is 26.9. The number of guanidine groups is 1. The number of aliphatic carboxylic acids is 1. The number of nitrogens with one attached hydrogen (secondary N) is 4. The molecule has 2 amide bonds. The van der Waals surface area contributed by atoms with Crippen LogP contribution in [0.4, 0.5) is 0 Å². The van der Waals surface area contributed by atoms with Crippen LogP contribution in [-0.4, -0.2) is 74.5 Å². The summed E-state index contributed by atoms with van der Waals surface area (Å²) in [4.78, 5) is 41.6. The maximum absolute atomic E-state index is 12.8. The predicted octanol–water partition coefficient (Wildman–Crippen LogP) is 0.226. The second kappa shape index (κ2) is 11.8. The second-order valence-electron chi connectivity index (χ2n) is 7.37. The van der Waals surface area contributed by atoms with Crippen molar-refractivity contribution in [3.05, 3.63) is 52.2 Å². The topological polar surface area (TPSA) is 169 Å². The third-order valence-electron chi connectivity index (χ3n) is 4.86. The molecule has 35 heavy (non-hydrogen) atoms. The molecule has 12 nitrogen and oxygen atoms in total. The Morgan fingerprint density at radius 2 is 1.89 bits per heavy atom. The summed E-state index contributed by atoms with van der Waals surface area (Å²) in [5.41, 5.74) is 2.93. The summed E-state index contributed by atoms with van der Waals surface area (Å²) in [5.74, 6) is -1.94. The number of aliphatic imine (C=N–C) groups is 1. The Balaban J connectivity index is 1.61. The van der Waals surface area contributed by atoms with Crippen molar-refractivity contribution in [2.45, 2.75) is 24.3 Å². The number of hydrogen-bond donors (Lipinski definition) is 5. The standard InChI is InChI=1S/C21H26N6O6S2/c1-2-27(25-21-22-11-6-12-23-21)19(29)17-10-9-16(34-17)18(28)24-13-15(20(30)31)26-35(32,33)14-7-4-3-5-8-14/h3-5,7-10,15,26H,2,6,11-13H2,1H3,(H,24,28)(H,30,31)(H2,22,23,25). The number of hydrogen-bond acceptors (Lipinski definition) is 9. The van der Waals surface area contributed by atoms with Crippen LogP contribution in [0.1, 0.15) is 32.7 Å². The molecule has 2 aromatic rings. The number of hydrazine groups is 1. The largest absolute Gasteiger partial charge is 0.480 e. The number of benzene rings is 1. The zero-order valence-electron chi connectivity index (χ0n) is 18.9. The fraction of sp³-hybridized carbons (Fsp3) is 0.333. The first-order chi connectivity index (χ1) is 16.7. The van der Waals surface area contributed by atoms with Gasteiger partial charge in [0.25, 0.3) is 11.8 Å². The van der Waals surface area contributed by atoms with Gasteiger partial charge in [0.15, 0.2) is 0 Å². The van der Waals surface area contributed by atoms with Crippen LogP contribution >= 0.6 is 11.3 Å². The minimum Gasteiger partial charge on any atom is -0.480 e. The van der Waals surface area contributed by atoms with Crippen molar-refractivity contribution in [2.75, 3.05) is 26.2 Å². The monoisotopic (exact) mass is 522 g/mol. The number of sulfonamides is 1. The van der Waals surface area contributed by atoms with Gasteiger partial charge in [-0.2, -0.15) is 4.72 Å². The predicted molar refractivity (Wildman–Crippen MR) is 130 cm³/mol. The average molecular weight is 523 g/mol. The lowest BCUT2D eigenvalue weighted by Gasteiger charge is -2.25. The minimum atomic E-state index is -4.10. The van der Waals surface area contributed by atoms with Gasteiger partial charge in [0, 0.05) is 26.2 Å². The molecular weight excluding hydrogens is 496 g/mol. The third-order valence-corrected chi connectivity index (χ3v) is 7.42. The number of nitrogens with zero attached hydrogens (tertiary/aromatic N) is 2. The van der Waals surface area contributed by atoms with E-state index in [4.69, 9.17) is 0 Å². The number of rotatable bonds is 9. The molecule has 0 fully saturated rings. The number of amides is 2. The number of carboxylic acids is 1. The van der Waals surface area contributed by atoms with Crippen molar-refractivity contribution >= 4 is 45.1 Å². The van der Waals surface area contributed by atoms with Gasteiger partial charge in [-0.15, -0.1) is 11.3 Å². The Bertz CT molecular complexity index is 1200. The van der Waals surface area contributed by atoms with Crippen LogP contribution in [0.15, 0.2) is 52.4 Å². The highest BCUT2D eigenvalue weighted by atomic mass is 32.2. The molecule has 0 radical (unpaired) electrons. The van der Waals surface area contributed by atoms with Gasteiger partial charge in [-0.3, -0.25) is 24.8 Å². The van der Waals surface area contributed by atoms with Gasteiger partial charge in [-0.25, -0.2) is 13.4 Å². The number of thiophene rings is 1. The lowest BCUT2D eigenvalue weighted by molar-refractivity contribution is -0.138. The SMILES string of the molecule is CCN(NC1=NCCCN1)C(=O)c1ccc(C(=O)NCC(NS(=O)(=O)c2ccccc2)C(=O)O)s1. The highest BCUT2D eigenvalue weighted by Gasteiger charge is 2.26. The quantitative estimate of drug-likeness (QED) is 0.291. The van der Waals surface area contributed by atoms with Crippen molar-refractivity contribution in [3.63, 3.8) is 0 Å². The van der Waals surface area contributed by atoms with E-state index in [2.05, 4.69) is 25.8 Å². The molecule has 0 saturated heterocycles. The van der Waals surface area contributed by atoms with Crippen LogP contribution in [0, 0.1) is 0 Å². The van der Waals surface area contributed by atoms with Crippen LogP contribution in [0.2, 0.25) is 0 Å². The number of carbonyl (C=O) groups is 3.